The summed E-state index contributed by atoms with van der Waals surface area (Å²) in [6.45, 7) is -1.24. The van der Waals surface area contributed by atoms with Crippen LogP contribution >= 0.6 is 0 Å². The van der Waals surface area contributed by atoms with Crippen LogP contribution in [-0.2, 0) is 9.53 Å². The average Bonchev–Trinajstić information content (AvgIpc) is 2.59. The molecule has 2 aromatic rings. The minimum Gasteiger partial charge on any atom is -0.483 e. The molecule has 0 fully saturated rings. The number of carbonyl (C=O) groups excluding carboxylic acids is 3. The molecule has 0 radical (unpaired) electrons. The molecule has 0 unspecified atom stereocenters. The van der Waals surface area contributed by atoms with Crippen molar-refractivity contribution in [2.75, 3.05) is 13.2 Å². The zero-order valence-electron chi connectivity index (χ0n) is 12.8. The normalized spacial score (nSPS) is 10.2. The number of nitrogens with two attached hydrogens (primary N) is 1. The smallest absolute Gasteiger partial charge is 0.342 e. The lowest BCUT2D eigenvalue weighted by Crippen LogP contribution is -2.21. The van der Waals surface area contributed by atoms with E-state index < -0.39 is 48.1 Å². The Hall–Kier alpha value is -3.29. The molecule has 25 heavy (non-hydrogen) atoms. The van der Waals surface area contributed by atoms with Gasteiger partial charge in [-0.05, 0) is 30.3 Å². The molecule has 2 N–H and O–H groups in total. The summed E-state index contributed by atoms with van der Waals surface area (Å²) in [5, 5.41) is 0. The number of hydrogen-bond acceptors (Lipinski definition) is 5. The number of amides is 1. The predicted molar refractivity (Wildman–Crippen MR) is 82.1 cm³/mol. The van der Waals surface area contributed by atoms with Crippen molar-refractivity contribution in [1.29, 1.82) is 0 Å². The Morgan fingerprint density at radius 3 is 2.40 bits per heavy atom. The van der Waals surface area contributed by atoms with Gasteiger partial charge < -0.3 is 15.2 Å². The Balaban J connectivity index is 2.06. The molecule has 130 valence electrons. The summed E-state index contributed by atoms with van der Waals surface area (Å²) >= 11 is 0. The second-order valence-electron chi connectivity index (χ2n) is 4.87. The van der Waals surface area contributed by atoms with E-state index in [0.717, 1.165) is 18.2 Å². The molecule has 0 atom stereocenters. The zero-order chi connectivity index (χ0) is 18.4. The summed E-state index contributed by atoms with van der Waals surface area (Å²) in [7, 11) is 0. The van der Waals surface area contributed by atoms with Gasteiger partial charge >= 0.3 is 5.97 Å². The first-order valence-corrected chi connectivity index (χ1v) is 7.04. The quantitative estimate of drug-likeness (QED) is 0.608. The van der Waals surface area contributed by atoms with Crippen molar-refractivity contribution in [2.45, 2.75) is 0 Å². The lowest BCUT2D eigenvalue weighted by molar-refractivity contribution is -0.119. The molecule has 0 aliphatic rings. The topological polar surface area (TPSA) is 95.7 Å². The summed E-state index contributed by atoms with van der Waals surface area (Å²) in [6, 6.07) is 8.22. The van der Waals surface area contributed by atoms with Gasteiger partial charge in [0.05, 0.1) is 5.56 Å². The standard InChI is InChI=1S/C17H13F2NO5/c18-10-5-6-13(19)12(7-10)14(21)8-25-17(23)11-3-1-2-4-15(11)24-9-16(20)22/h1-7H,8-9H2,(H2,20,22). The molecular weight excluding hydrogens is 336 g/mol. The number of ketones is 1. The van der Waals surface area contributed by atoms with Crippen molar-refractivity contribution in [3.05, 3.63) is 65.2 Å². The van der Waals surface area contributed by atoms with Gasteiger partial charge in [-0.25, -0.2) is 13.6 Å². The molecule has 2 rings (SSSR count). The number of ether oxygens (including phenoxy) is 2. The number of rotatable bonds is 7. The fourth-order valence-corrected chi connectivity index (χ4v) is 1.91. The van der Waals surface area contributed by atoms with E-state index in [2.05, 4.69) is 0 Å². The highest BCUT2D eigenvalue weighted by Crippen LogP contribution is 2.19. The fraction of sp³-hybridized carbons (Fsp3) is 0.118. The first-order valence-electron chi connectivity index (χ1n) is 7.04. The highest BCUT2D eigenvalue weighted by atomic mass is 19.1. The van der Waals surface area contributed by atoms with Crippen molar-refractivity contribution in [1.82, 2.24) is 0 Å². The molecule has 0 aliphatic heterocycles. The predicted octanol–water partition coefficient (Wildman–Crippen LogP) is 1.87. The Kier molecular flexibility index (Phi) is 5.78. The minimum atomic E-state index is -0.926. The number of carbonyl (C=O) groups is 3. The third kappa shape index (κ3) is 4.84. The van der Waals surface area contributed by atoms with Gasteiger partial charge in [0.15, 0.2) is 13.2 Å². The van der Waals surface area contributed by atoms with Gasteiger partial charge in [-0.15, -0.1) is 0 Å². The Bertz CT molecular complexity index is 822. The molecule has 2 aromatic carbocycles. The summed E-state index contributed by atoms with van der Waals surface area (Å²) < 4.78 is 36.5. The first kappa shape index (κ1) is 18.1. The van der Waals surface area contributed by atoms with Gasteiger partial charge in [0.2, 0.25) is 5.78 Å². The van der Waals surface area contributed by atoms with E-state index in [1.165, 1.54) is 18.2 Å². The van der Waals surface area contributed by atoms with E-state index in [0.29, 0.717) is 0 Å². The first-order chi connectivity index (χ1) is 11.9. The second kappa shape index (κ2) is 8.00. The maximum Gasteiger partial charge on any atom is 0.342 e. The van der Waals surface area contributed by atoms with Gasteiger partial charge in [-0.2, -0.15) is 0 Å². The van der Waals surface area contributed by atoms with Crippen LogP contribution in [0.3, 0.4) is 0 Å². The minimum absolute atomic E-state index is 0.0377. The highest BCUT2D eigenvalue weighted by molar-refractivity contribution is 6.00. The van der Waals surface area contributed by atoms with Crippen molar-refractivity contribution < 1.29 is 32.6 Å². The van der Waals surface area contributed by atoms with Crippen molar-refractivity contribution in [3.63, 3.8) is 0 Å². The van der Waals surface area contributed by atoms with E-state index >= 15 is 0 Å². The van der Waals surface area contributed by atoms with Crippen LogP contribution in [0.4, 0.5) is 8.78 Å². The second-order valence-corrected chi connectivity index (χ2v) is 4.87. The number of hydrogen-bond donors (Lipinski definition) is 1. The number of halogens is 2. The number of esters is 1. The molecule has 0 aliphatic carbocycles. The molecule has 0 spiro atoms. The van der Waals surface area contributed by atoms with E-state index in [9.17, 15) is 23.2 Å². The van der Waals surface area contributed by atoms with Gasteiger partial charge in [-0.1, -0.05) is 12.1 Å². The third-order valence-corrected chi connectivity index (χ3v) is 3.04. The van der Waals surface area contributed by atoms with E-state index in [1.807, 2.05) is 0 Å². The van der Waals surface area contributed by atoms with Crippen LogP contribution < -0.4 is 10.5 Å². The third-order valence-electron chi connectivity index (χ3n) is 3.04. The molecule has 0 saturated carbocycles. The summed E-state index contributed by atoms with van der Waals surface area (Å²) in [6.07, 6.45) is 0. The van der Waals surface area contributed by atoms with Crippen LogP contribution in [0.2, 0.25) is 0 Å². The van der Waals surface area contributed by atoms with Crippen LogP contribution in [0.1, 0.15) is 20.7 Å². The molecular formula is C17H13F2NO5. The molecule has 6 nitrogen and oxygen atoms in total. The molecule has 8 heteroatoms. The number of Topliss-reactive ketones (excluding diaryl/α,β-unsaturated/α-hetero) is 1. The van der Waals surface area contributed by atoms with Crippen LogP contribution in [0.5, 0.6) is 5.75 Å². The van der Waals surface area contributed by atoms with E-state index in [4.69, 9.17) is 15.2 Å². The summed E-state index contributed by atoms with van der Waals surface area (Å²) in [4.78, 5) is 34.7. The fourth-order valence-electron chi connectivity index (χ4n) is 1.91. The van der Waals surface area contributed by atoms with Crippen molar-refractivity contribution in [2.24, 2.45) is 5.73 Å². The van der Waals surface area contributed by atoms with Crippen LogP contribution in [0.15, 0.2) is 42.5 Å². The van der Waals surface area contributed by atoms with Crippen LogP contribution in [-0.4, -0.2) is 30.9 Å². The maximum absolute atomic E-state index is 13.5. The van der Waals surface area contributed by atoms with Crippen molar-refractivity contribution >= 4 is 17.7 Å². The van der Waals surface area contributed by atoms with E-state index in [-0.39, 0.29) is 11.3 Å². The summed E-state index contributed by atoms with van der Waals surface area (Å²) in [5.74, 6) is -4.24. The molecule has 1 amide bonds. The Morgan fingerprint density at radius 2 is 1.68 bits per heavy atom. The van der Waals surface area contributed by atoms with Crippen LogP contribution in [0.25, 0.3) is 0 Å². The molecule has 0 saturated heterocycles. The summed E-state index contributed by atoms with van der Waals surface area (Å²) in [5.41, 5.74) is 4.40. The lowest BCUT2D eigenvalue weighted by Gasteiger charge is -2.10. The lowest BCUT2D eigenvalue weighted by atomic mass is 10.1. The average molecular weight is 349 g/mol. The number of para-hydroxylation sites is 1. The Morgan fingerprint density at radius 1 is 0.960 bits per heavy atom. The Labute approximate surface area is 141 Å². The number of primary amides is 1. The van der Waals surface area contributed by atoms with Crippen LogP contribution in [0, 0.1) is 11.6 Å². The largest absolute Gasteiger partial charge is 0.483 e. The molecule has 0 heterocycles. The zero-order valence-corrected chi connectivity index (χ0v) is 12.8. The highest BCUT2D eigenvalue weighted by Gasteiger charge is 2.18. The van der Waals surface area contributed by atoms with Gasteiger partial charge in [0.1, 0.15) is 22.9 Å². The van der Waals surface area contributed by atoms with Gasteiger partial charge in [0, 0.05) is 0 Å². The maximum atomic E-state index is 13.5. The van der Waals surface area contributed by atoms with Gasteiger partial charge in [0.25, 0.3) is 5.91 Å². The number of benzene rings is 2. The van der Waals surface area contributed by atoms with E-state index in [1.54, 1.807) is 6.07 Å². The van der Waals surface area contributed by atoms with Gasteiger partial charge in [-0.3, -0.25) is 9.59 Å². The monoisotopic (exact) mass is 349 g/mol. The van der Waals surface area contributed by atoms with Crippen molar-refractivity contribution in [3.8, 4) is 5.75 Å². The molecule has 0 bridgehead atoms. The SMILES string of the molecule is NC(=O)COc1ccccc1C(=O)OCC(=O)c1cc(F)ccc1F. The molecule has 0 aromatic heterocycles.